The van der Waals surface area contributed by atoms with Crippen LogP contribution in [0.4, 0.5) is 11.4 Å². The molecule has 1 atom stereocenters. The molecule has 1 aromatic carbocycles. The second kappa shape index (κ2) is 5.54. The smallest absolute Gasteiger partial charge is 0.227 e. The molecule has 0 aliphatic rings. The molecule has 3 heteroatoms. The largest absolute Gasteiger partial charge is 0.399 e. The zero-order valence-electron chi connectivity index (χ0n) is 10.2. The maximum atomic E-state index is 11.8. The van der Waals surface area contributed by atoms with E-state index in [9.17, 15) is 4.79 Å². The zero-order chi connectivity index (χ0) is 12.1. The van der Waals surface area contributed by atoms with Gasteiger partial charge in [-0.05, 0) is 37.1 Å². The Bertz CT molecular complexity index is 374. The minimum atomic E-state index is 0.0574. The van der Waals surface area contributed by atoms with Crippen LogP contribution in [-0.4, -0.2) is 5.91 Å². The number of aryl methyl sites for hydroxylation is 1. The Morgan fingerprint density at radius 1 is 1.50 bits per heavy atom. The van der Waals surface area contributed by atoms with Gasteiger partial charge in [-0.3, -0.25) is 4.79 Å². The van der Waals surface area contributed by atoms with E-state index < -0.39 is 0 Å². The molecular weight excluding hydrogens is 200 g/mol. The molecule has 0 aromatic heterocycles. The Hall–Kier alpha value is -1.51. The lowest BCUT2D eigenvalue weighted by Gasteiger charge is -2.13. The van der Waals surface area contributed by atoms with Gasteiger partial charge < -0.3 is 11.1 Å². The minimum Gasteiger partial charge on any atom is -0.399 e. The van der Waals surface area contributed by atoms with Gasteiger partial charge in [0.2, 0.25) is 5.91 Å². The van der Waals surface area contributed by atoms with Crippen LogP contribution in [-0.2, 0) is 4.79 Å². The van der Waals surface area contributed by atoms with Gasteiger partial charge in [-0.2, -0.15) is 0 Å². The van der Waals surface area contributed by atoms with Gasteiger partial charge >= 0.3 is 0 Å². The van der Waals surface area contributed by atoms with E-state index in [4.69, 9.17) is 5.73 Å². The van der Waals surface area contributed by atoms with Crippen molar-refractivity contribution in [2.75, 3.05) is 11.1 Å². The molecule has 0 radical (unpaired) electrons. The molecule has 0 saturated carbocycles. The van der Waals surface area contributed by atoms with Crippen molar-refractivity contribution >= 4 is 17.3 Å². The Balaban J connectivity index is 2.69. The first kappa shape index (κ1) is 12.6. The Labute approximate surface area is 97.0 Å². The molecular formula is C13H20N2O. The highest BCUT2D eigenvalue weighted by Crippen LogP contribution is 2.19. The molecule has 88 valence electrons. The first-order chi connectivity index (χ1) is 7.54. The second-order valence-corrected chi connectivity index (χ2v) is 4.25. The van der Waals surface area contributed by atoms with E-state index in [0.717, 1.165) is 29.8 Å². The molecule has 3 N–H and O–H groups in total. The SMILES string of the molecule is CCCC(C)C(=O)Nc1ccc(N)cc1C. The van der Waals surface area contributed by atoms with Crippen LogP contribution in [0.5, 0.6) is 0 Å². The first-order valence-corrected chi connectivity index (χ1v) is 5.71. The Kier molecular flexibility index (Phi) is 4.35. The van der Waals surface area contributed by atoms with Crippen molar-refractivity contribution in [3.05, 3.63) is 23.8 Å². The van der Waals surface area contributed by atoms with E-state index in [2.05, 4.69) is 12.2 Å². The number of nitrogens with one attached hydrogen (secondary N) is 1. The van der Waals surface area contributed by atoms with Gasteiger partial charge in [0.15, 0.2) is 0 Å². The Morgan fingerprint density at radius 3 is 2.75 bits per heavy atom. The van der Waals surface area contributed by atoms with Crippen LogP contribution in [0.2, 0.25) is 0 Å². The summed E-state index contributed by atoms with van der Waals surface area (Å²) >= 11 is 0. The number of anilines is 2. The van der Waals surface area contributed by atoms with Crippen LogP contribution in [0.3, 0.4) is 0 Å². The number of rotatable bonds is 4. The van der Waals surface area contributed by atoms with Gasteiger partial charge in [0.05, 0.1) is 0 Å². The van der Waals surface area contributed by atoms with Gasteiger partial charge in [-0.1, -0.05) is 20.3 Å². The van der Waals surface area contributed by atoms with Gasteiger partial charge in [-0.25, -0.2) is 0 Å². The first-order valence-electron chi connectivity index (χ1n) is 5.71. The maximum absolute atomic E-state index is 11.8. The van der Waals surface area contributed by atoms with E-state index >= 15 is 0 Å². The van der Waals surface area contributed by atoms with Gasteiger partial charge in [-0.15, -0.1) is 0 Å². The molecule has 1 rings (SSSR count). The molecule has 1 amide bonds. The number of hydrogen-bond acceptors (Lipinski definition) is 2. The molecule has 16 heavy (non-hydrogen) atoms. The molecule has 3 nitrogen and oxygen atoms in total. The third kappa shape index (κ3) is 3.26. The lowest BCUT2D eigenvalue weighted by molar-refractivity contribution is -0.119. The summed E-state index contributed by atoms with van der Waals surface area (Å²) in [5.74, 6) is 0.136. The predicted molar refractivity (Wildman–Crippen MR) is 68.3 cm³/mol. The van der Waals surface area contributed by atoms with Crippen LogP contribution in [0, 0.1) is 12.8 Å². The van der Waals surface area contributed by atoms with Crippen molar-refractivity contribution in [3.63, 3.8) is 0 Å². The third-order valence-electron chi connectivity index (χ3n) is 2.68. The molecule has 0 spiro atoms. The highest BCUT2D eigenvalue weighted by Gasteiger charge is 2.12. The number of carbonyl (C=O) groups excluding carboxylic acids is 1. The average molecular weight is 220 g/mol. The number of nitrogens with two attached hydrogens (primary N) is 1. The standard InChI is InChI=1S/C13H20N2O/c1-4-5-9(2)13(16)15-12-7-6-11(14)8-10(12)3/h6-9H,4-5,14H2,1-3H3,(H,15,16). The van der Waals surface area contributed by atoms with Crippen molar-refractivity contribution in [3.8, 4) is 0 Å². The van der Waals surface area contributed by atoms with Crippen molar-refractivity contribution in [1.82, 2.24) is 0 Å². The van der Waals surface area contributed by atoms with Gasteiger partial charge in [0, 0.05) is 17.3 Å². The molecule has 0 saturated heterocycles. The number of hydrogen-bond donors (Lipinski definition) is 2. The summed E-state index contributed by atoms with van der Waals surface area (Å²) in [6.07, 6.45) is 1.94. The van der Waals surface area contributed by atoms with Crippen LogP contribution in [0.1, 0.15) is 32.3 Å². The van der Waals surface area contributed by atoms with E-state index in [-0.39, 0.29) is 11.8 Å². The van der Waals surface area contributed by atoms with Crippen molar-refractivity contribution < 1.29 is 4.79 Å². The molecule has 1 unspecified atom stereocenters. The number of amides is 1. The fraction of sp³-hybridized carbons (Fsp3) is 0.462. The van der Waals surface area contributed by atoms with E-state index in [1.165, 1.54) is 0 Å². The third-order valence-corrected chi connectivity index (χ3v) is 2.68. The lowest BCUT2D eigenvalue weighted by Crippen LogP contribution is -2.20. The van der Waals surface area contributed by atoms with Crippen LogP contribution >= 0.6 is 0 Å². The number of carbonyl (C=O) groups is 1. The number of nitrogen functional groups attached to an aromatic ring is 1. The fourth-order valence-electron chi connectivity index (χ4n) is 1.65. The summed E-state index contributed by atoms with van der Waals surface area (Å²) in [7, 11) is 0. The van der Waals surface area contributed by atoms with Crippen molar-refractivity contribution in [2.24, 2.45) is 5.92 Å². The highest BCUT2D eigenvalue weighted by atomic mass is 16.1. The monoisotopic (exact) mass is 220 g/mol. The summed E-state index contributed by atoms with van der Waals surface area (Å²) in [5, 5.41) is 2.93. The highest BCUT2D eigenvalue weighted by molar-refractivity contribution is 5.93. The minimum absolute atomic E-state index is 0.0574. The zero-order valence-corrected chi connectivity index (χ0v) is 10.2. The summed E-state index contributed by atoms with van der Waals surface area (Å²) in [4.78, 5) is 11.8. The van der Waals surface area contributed by atoms with E-state index in [1.54, 1.807) is 6.07 Å². The molecule has 0 aliphatic heterocycles. The lowest BCUT2D eigenvalue weighted by atomic mass is 10.0. The fourth-order valence-corrected chi connectivity index (χ4v) is 1.65. The second-order valence-electron chi connectivity index (χ2n) is 4.25. The van der Waals surface area contributed by atoms with E-state index in [1.807, 2.05) is 26.0 Å². The van der Waals surface area contributed by atoms with Gasteiger partial charge in [0.25, 0.3) is 0 Å². The normalized spacial score (nSPS) is 12.2. The topological polar surface area (TPSA) is 55.1 Å². The maximum Gasteiger partial charge on any atom is 0.227 e. The van der Waals surface area contributed by atoms with Gasteiger partial charge in [0.1, 0.15) is 0 Å². The van der Waals surface area contributed by atoms with Crippen molar-refractivity contribution in [2.45, 2.75) is 33.6 Å². The molecule has 0 fully saturated rings. The van der Waals surface area contributed by atoms with Crippen LogP contribution in [0.25, 0.3) is 0 Å². The number of benzene rings is 1. The summed E-state index contributed by atoms with van der Waals surface area (Å²) in [5.41, 5.74) is 8.22. The summed E-state index contributed by atoms with van der Waals surface area (Å²) < 4.78 is 0. The molecule has 0 aliphatic carbocycles. The predicted octanol–water partition coefficient (Wildman–Crippen LogP) is 2.95. The Morgan fingerprint density at radius 2 is 2.19 bits per heavy atom. The average Bonchev–Trinajstić information content (AvgIpc) is 2.22. The molecule has 0 heterocycles. The van der Waals surface area contributed by atoms with Crippen LogP contribution in [0.15, 0.2) is 18.2 Å². The van der Waals surface area contributed by atoms with Crippen LogP contribution < -0.4 is 11.1 Å². The summed E-state index contributed by atoms with van der Waals surface area (Å²) in [6, 6.07) is 5.51. The molecule has 1 aromatic rings. The summed E-state index contributed by atoms with van der Waals surface area (Å²) in [6.45, 7) is 5.97. The quantitative estimate of drug-likeness (QED) is 0.766. The van der Waals surface area contributed by atoms with E-state index in [0.29, 0.717) is 0 Å². The molecule has 0 bridgehead atoms. The van der Waals surface area contributed by atoms with Crippen molar-refractivity contribution in [1.29, 1.82) is 0 Å².